The topological polar surface area (TPSA) is 37.4 Å². The van der Waals surface area contributed by atoms with Crippen LogP contribution >= 0.6 is 15.9 Å². The third-order valence-corrected chi connectivity index (χ3v) is 4.54. The molecule has 116 valence electrons. The number of methoxy groups -OCH3 is 1. The summed E-state index contributed by atoms with van der Waals surface area (Å²) in [4.78, 5) is 6.75. The van der Waals surface area contributed by atoms with E-state index in [1.807, 2.05) is 24.5 Å². The Bertz CT molecular complexity index is 621. The Morgan fingerprint density at radius 2 is 2.32 bits per heavy atom. The number of pyridine rings is 1. The molecule has 0 saturated carbocycles. The quantitative estimate of drug-likeness (QED) is 0.908. The van der Waals surface area contributed by atoms with Crippen molar-refractivity contribution in [3.05, 3.63) is 58.3 Å². The summed E-state index contributed by atoms with van der Waals surface area (Å²) < 4.78 is 6.56. The molecule has 1 N–H and O–H groups in total. The van der Waals surface area contributed by atoms with Gasteiger partial charge in [-0.15, -0.1) is 0 Å². The number of nitrogens with zero attached hydrogens (tertiary/aromatic N) is 2. The summed E-state index contributed by atoms with van der Waals surface area (Å²) in [5.41, 5.74) is 2.47. The molecule has 0 radical (unpaired) electrons. The zero-order valence-corrected chi connectivity index (χ0v) is 14.2. The second-order valence-electron chi connectivity index (χ2n) is 5.43. The standard InChI is InChI=1S/C17H20BrN3O/c1-22-17-9-15(18)5-4-14(17)12-21-8-7-20-11-16(21)13-3-2-6-19-10-13/h2-6,9-10,16,20H,7-8,11-12H2,1H3. The van der Waals surface area contributed by atoms with Crippen molar-refractivity contribution >= 4 is 15.9 Å². The lowest BCUT2D eigenvalue weighted by Gasteiger charge is -2.36. The average molecular weight is 362 g/mol. The van der Waals surface area contributed by atoms with Gasteiger partial charge in [-0.05, 0) is 23.8 Å². The highest BCUT2D eigenvalue weighted by Gasteiger charge is 2.24. The smallest absolute Gasteiger partial charge is 0.124 e. The van der Waals surface area contributed by atoms with Gasteiger partial charge in [0.2, 0.25) is 0 Å². The van der Waals surface area contributed by atoms with E-state index in [9.17, 15) is 0 Å². The average Bonchev–Trinajstić information content (AvgIpc) is 2.57. The van der Waals surface area contributed by atoms with E-state index in [-0.39, 0.29) is 0 Å². The van der Waals surface area contributed by atoms with Gasteiger partial charge in [0, 0.05) is 54.7 Å². The first kappa shape index (κ1) is 15.5. The van der Waals surface area contributed by atoms with E-state index in [1.54, 1.807) is 7.11 Å². The molecule has 5 heteroatoms. The molecule has 2 aromatic rings. The minimum absolute atomic E-state index is 0.343. The molecule has 22 heavy (non-hydrogen) atoms. The molecule has 0 amide bonds. The highest BCUT2D eigenvalue weighted by molar-refractivity contribution is 9.10. The van der Waals surface area contributed by atoms with Crippen LogP contribution < -0.4 is 10.1 Å². The second kappa shape index (κ2) is 7.22. The molecule has 4 nitrogen and oxygen atoms in total. The zero-order valence-electron chi connectivity index (χ0n) is 12.6. The predicted molar refractivity (Wildman–Crippen MR) is 91.0 cm³/mol. The lowest BCUT2D eigenvalue weighted by atomic mass is 10.0. The summed E-state index contributed by atoms with van der Waals surface area (Å²) in [6.07, 6.45) is 3.78. The van der Waals surface area contributed by atoms with E-state index in [1.165, 1.54) is 11.1 Å². The number of benzene rings is 1. The van der Waals surface area contributed by atoms with Gasteiger partial charge in [0.05, 0.1) is 7.11 Å². The Morgan fingerprint density at radius 3 is 3.09 bits per heavy atom. The fraction of sp³-hybridized carbons (Fsp3) is 0.353. The monoisotopic (exact) mass is 361 g/mol. The molecular formula is C17H20BrN3O. The van der Waals surface area contributed by atoms with Crippen LogP contribution in [0.2, 0.25) is 0 Å². The molecule has 1 aromatic heterocycles. The number of piperazine rings is 1. The minimum Gasteiger partial charge on any atom is -0.496 e. The summed E-state index contributed by atoms with van der Waals surface area (Å²) in [5, 5.41) is 3.48. The normalized spacial score (nSPS) is 19.1. The molecule has 2 heterocycles. The molecular weight excluding hydrogens is 342 g/mol. The number of rotatable bonds is 4. The maximum Gasteiger partial charge on any atom is 0.124 e. The van der Waals surface area contributed by atoms with Crippen molar-refractivity contribution in [1.82, 2.24) is 15.2 Å². The van der Waals surface area contributed by atoms with Crippen LogP contribution in [0.5, 0.6) is 5.75 Å². The van der Waals surface area contributed by atoms with Crippen molar-refractivity contribution in [2.75, 3.05) is 26.7 Å². The Kier molecular flexibility index (Phi) is 5.08. The number of ether oxygens (including phenoxy) is 1. The molecule has 1 fully saturated rings. The van der Waals surface area contributed by atoms with Gasteiger partial charge in [0.1, 0.15) is 5.75 Å². The highest BCUT2D eigenvalue weighted by atomic mass is 79.9. The van der Waals surface area contributed by atoms with E-state index in [4.69, 9.17) is 4.74 Å². The highest BCUT2D eigenvalue weighted by Crippen LogP contribution is 2.29. The van der Waals surface area contributed by atoms with Crippen LogP contribution in [0.15, 0.2) is 47.2 Å². The predicted octanol–water partition coefficient (Wildman–Crippen LogP) is 3.00. The zero-order chi connectivity index (χ0) is 15.4. The first-order valence-corrected chi connectivity index (χ1v) is 8.24. The number of hydrogen-bond donors (Lipinski definition) is 1. The largest absolute Gasteiger partial charge is 0.496 e. The van der Waals surface area contributed by atoms with Crippen LogP contribution in [0, 0.1) is 0 Å². The third kappa shape index (κ3) is 3.48. The van der Waals surface area contributed by atoms with E-state index in [0.29, 0.717) is 6.04 Å². The number of halogens is 1. The van der Waals surface area contributed by atoms with Crippen molar-refractivity contribution < 1.29 is 4.74 Å². The van der Waals surface area contributed by atoms with E-state index < -0.39 is 0 Å². The fourth-order valence-electron chi connectivity index (χ4n) is 2.91. The maximum atomic E-state index is 5.52. The summed E-state index contributed by atoms with van der Waals surface area (Å²) in [7, 11) is 1.72. The first-order chi connectivity index (χ1) is 10.8. The lowest BCUT2D eigenvalue weighted by molar-refractivity contribution is 0.152. The van der Waals surface area contributed by atoms with Crippen LogP contribution in [-0.2, 0) is 6.54 Å². The van der Waals surface area contributed by atoms with Crippen LogP contribution in [0.1, 0.15) is 17.2 Å². The Balaban J connectivity index is 1.83. The van der Waals surface area contributed by atoms with Crippen molar-refractivity contribution in [2.24, 2.45) is 0 Å². The van der Waals surface area contributed by atoms with Crippen molar-refractivity contribution in [2.45, 2.75) is 12.6 Å². The van der Waals surface area contributed by atoms with Gasteiger partial charge in [0.15, 0.2) is 0 Å². The molecule has 0 bridgehead atoms. The van der Waals surface area contributed by atoms with Gasteiger partial charge in [-0.3, -0.25) is 9.88 Å². The van der Waals surface area contributed by atoms with E-state index in [0.717, 1.165) is 36.4 Å². The van der Waals surface area contributed by atoms with Crippen molar-refractivity contribution in [1.29, 1.82) is 0 Å². The Morgan fingerprint density at radius 1 is 1.41 bits per heavy atom. The van der Waals surface area contributed by atoms with Crippen LogP contribution in [-0.4, -0.2) is 36.6 Å². The van der Waals surface area contributed by atoms with Gasteiger partial charge in [-0.25, -0.2) is 0 Å². The van der Waals surface area contributed by atoms with Crippen LogP contribution in [0.25, 0.3) is 0 Å². The maximum absolute atomic E-state index is 5.52. The summed E-state index contributed by atoms with van der Waals surface area (Å²) in [6, 6.07) is 10.7. The number of hydrogen-bond acceptors (Lipinski definition) is 4. The Labute approximate surface area is 139 Å². The third-order valence-electron chi connectivity index (χ3n) is 4.05. The van der Waals surface area contributed by atoms with Crippen LogP contribution in [0.4, 0.5) is 0 Å². The molecule has 1 atom stereocenters. The number of nitrogens with one attached hydrogen (secondary N) is 1. The summed E-state index contributed by atoms with van der Waals surface area (Å²) >= 11 is 3.50. The molecule has 1 unspecified atom stereocenters. The van der Waals surface area contributed by atoms with Crippen molar-refractivity contribution in [3.8, 4) is 5.75 Å². The van der Waals surface area contributed by atoms with Gasteiger partial charge >= 0.3 is 0 Å². The SMILES string of the molecule is COc1cc(Br)ccc1CN1CCNCC1c1cccnc1. The number of aromatic nitrogens is 1. The molecule has 1 aliphatic rings. The van der Waals surface area contributed by atoms with E-state index >= 15 is 0 Å². The lowest BCUT2D eigenvalue weighted by Crippen LogP contribution is -2.45. The van der Waals surface area contributed by atoms with E-state index in [2.05, 4.69) is 49.3 Å². The summed E-state index contributed by atoms with van der Waals surface area (Å²) in [5.74, 6) is 0.929. The molecule has 3 rings (SSSR count). The molecule has 0 spiro atoms. The van der Waals surface area contributed by atoms with Gasteiger partial charge in [0.25, 0.3) is 0 Å². The van der Waals surface area contributed by atoms with Crippen LogP contribution in [0.3, 0.4) is 0 Å². The molecule has 1 saturated heterocycles. The minimum atomic E-state index is 0.343. The molecule has 0 aliphatic carbocycles. The van der Waals surface area contributed by atoms with Gasteiger partial charge in [-0.1, -0.05) is 28.1 Å². The first-order valence-electron chi connectivity index (χ1n) is 7.45. The van der Waals surface area contributed by atoms with Gasteiger partial charge < -0.3 is 10.1 Å². The Hall–Kier alpha value is -1.43. The van der Waals surface area contributed by atoms with Crippen molar-refractivity contribution in [3.63, 3.8) is 0 Å². The summed E-state index contributed by atoms with van der Waals surface area (Å²) in [6.45, 7) is 3.84. The molecule has 1 aromatic carbocycles. The fourth-order valence-corrected chi connectivity index (χ4v) is 3.25. The molecule has 1 aliphatic heterocycles. The van der Waals surface area contributed by atoms with Gasteiger partial charge in [-0.2, -0.15) is 0 Å². The second-order valence-corrected chi connectivity index (χ2v) is 6.35.